The fraction of sp³-hybridized carbons (Fsp3) is 0.389. The molecular weight excluding hydrogens is 324 g/mol. The maximum absolute atomic E-state index is 6.19. The molecule has 0 saturated carbocycles. The summed E-state index contributed by atoms with van der Waals surface area (Å²) in [6, 6.07) is 6.08. The number of methoxy groups -OCH3 is 1. The van der Waals surface area contributed by atoms with Crippen LogP contribution >= 0.6 is 11.6 Å². The van der Waals surface area contributed by atoms with Crippen LogP contribution in [0.25, 0.3) is 10.9 Å². The Bertz CT molecular complexity index is 854. The van der Waals surface area contributed by atoms with Gasteiger partial charge in [0.15, 0.2) is 0 Å². The van der Waals surface area contributed by atoms with E-state index in [2.05, 4.69) is 31.6 Å². The van der Waals surface area contributed by atoms with Gasteiger partial charge in [0.25, 0.3) is 0 Å². The lowest BCUT2D eigenvalue weighted by Gasteiger charge is -2.27. The van der Waals surface area contributed by atoms with Crippen molar-refractivity contribution in [3.05, 3.63) is 52.7 Å². The van der Waals surface area contributed by atoms with Crippen molar-refractivity contribution < 1.29 is 4.74 Å². The molecular formula is C18H21ClN4O. The van der Waals surface area contributed by atoms with Crippen LogP contribution in [0.2, 0.25) is 5.02 Å². The first-order valence-electron chi connectivity index (χ1n) is 8.24. The maximum Gasteiger partial charge on any atom is 0.0949 e. The number of ether oxygens (including phenoxy) is 1. The minimum absolute atomic E-state index is 0.703. The first-order chi connectivity index (χ1) is 11.7. The molecule has 1 aromatic carbocycles. The third kappa shape index (κ3) is 2.95. The van der Waals surface area contributed by atoms with Gasteiger partial charge in [-0.3, -0.25) is 4.90 Å². The number of rotatable bonds is 5. The Balaban J connectivity index is 1.55. The summed E-state index contributed by atoms with van der Waals surface area (Å²) in [4.78, 5) is 10.3. The zero-order valence-electron chi connectivity index (χ0n) is 13.8. The van der Waals surface area contributed by atoms with Crippen molar-refractivity contribution in [1.29, 1.82) is 0 Å². The van der Waals surface area contributed by atoms with Crippen molar-refractivity contribution in [1.82, 2.24) is 19.4 Å². The highest BCUT2D eigenvalue weighted by Crippen LogP contribution is 2.30. The van der Waals surface area contributed by atoms with Crippen molar-refractivity contribution in [2.24, 2.45) is 0 Å². The van der Waals surface area contributed by atoms with Crippen LogP contribution in [0.15, 0.2) is 30.7 Å². The van der Waals surface area contributed by atoms with Crippen molar-refractivity contribution in [3.63, 3.8) is 0 Å². The van der Waals surface area contributed by atoms with E-state index in [4.69, 9.17) is 16.3 Å². The molecule has 0 bridgehead atoms. The van der Waals surface area contributed by atoms with E-state index < -0.39 is 0 Å². The molecule has 4 rings (SSSR count). The van der Waals surface area contributed by atoms with Crippen LogP contribution < -0.4 is 0 Å². The molecule has 0 radical (unpaired) electrons. The molecule has 1 aliphatic rings. The fourth-order valence-electron chi connectivity index (χ4n) is 3.48. The smallest absolute Gasteiger partial charge is 0.0949 e. The number of aromatic amines is 1. The number of imidazole rings is 1. The average Bonchev–Trinajstić information content (AvgIpc) is 3.17. The Kier molecular flexibility index (Phi) is 4.31. The molecule has 5 nitrogen and oxygen atoms in total. The molecule has 0 aliphatic carbocycles. The van der Waals surface area contributed by atoms with Crippen LogP contribution in [-0.4, -0.2) is 39.7 Å². The molecule has 126 valence electrons. The van der Waals surface area contributed by atoms with Gasteiger partial charge in [-0.25, -0.2) is 4.98 Å². The molecule has 2 aromatic heterocycles. The lowest BCUT2D eigenvalue weighted by Crippen LogP contribution is -2.30. The fourth-order valence-corrected chi connectivity index (χ4v) is 3.65. The summed E-state index contributed by atoms with van der Waals surface area (Å²) < 4.78 is 7.35. The van der Waals surface area contributed by atoms with Gasteiger partial charge >= 0.3 is 0 Å². The molecule has 0 spiro atoms. The number of fused-ring (bicyclic) bond motifs is 3. The Morgan fingerprint density at radius 3 is 3.17 bits per heavy atom. The second-order valence-corrected chi connectivity index (χ2v) is 6.74. The third-order valence-corrected chi connectivity index (χ3v) is 4.97. The number of halogens is 1. The molecule has 3 aromatic rings. The highest BCUT2D eigenvalue weighted by Gasteiger charge is 2.21. The second kappa shape index (κ2) is 6.59. The van der Waals surface area contributed by atoms with Gasteiger partial charge in [0, 0.05) is 67.5 Å². The summed E-state index contributed by atoms with van der Waals surface area (Å²) in [5.41, 5.74) is 5.13. The SMILES string of the molecule is COCCn1cncc1CN1CCc2[nH]c3ccc(Cl)cc3c2C1. The molecule has 0 amide bonds. The summed E-state index contributed by atoms with van der Waals surface area (Å²) in [5.74, 6) is 0. The number of benzene rings is 1. The zero-order chi connectivity index (χ0) is 16.5. The molecule has 3 heterocycles. The topological polar surface area (TPSA) is 46.1 Å². The summed E-state index contributed by atoms with van der Waals surface area (Å²) in [7, 11) is 1.73. The van der Waals surface area contributed by atoms with Crippen LogP contribution in [0.5, 0.6) is 0 Å². The summed E-state index contributed by atoms with van der Waals surface area (Å²) in [6.45, 7) is 4.42. The lowest BCUT2D eigenvalue weighted by atomic mass is 10.0. The summed E-state index contributed by atoms with van der Waals surface area (Å²) in [6.07, 6.45) is 4.88. The molecule has 24 heavy (non-hydrogen) atoms. The molecule has 1 N–H and O–H groups in total. The van der Waals surface area contributed by atoms with Crippen molar-refractivity contribution >= 4 is 22.5 Å². The molecule has 6 heteroatoms. The van der Waals surface area contributed by atoms with Gasteiger partial charge in [0.2, 0.25) is 0 Å². The highest BCUT2D eigenvalue weighted by molar-refractivity contribution is 6.31. The van der Waals surface area contributed by atoms with Crippen LogP contribution in [-0.2, 0) is 30.8 Å². The quantitative estimate of drug-likeness (QED) is 0.773. The second-order valence-electron chi connectivity index (χ2n) is 6.30. The molecule has 0 fully saturated rings. The Morgan fingerprint density at radius 1 is 1.38 bits per heavy atom. The Hall–Kier alpha value is -1.82. The van der Waals surface area contributed by atoms with E-state index in [9.17, 15) is 0 Å². The van der Waals surface area contributed by atoms with Gasteiger partial charge in [-0.15, -0.1) is 0 Å². The minimum Gasteiger partial charge on any atom is -0.383 e. The van der Waals surface area contributed by atoms with Crippen molar-refractivity contribution in [2.75, 3.05) is 20.3 Å². The van der Waals surface area contributed by atoms with Crippen LogP contribution in [0.4, 0.5) is 0 Å². The molecule has 0 atom stereocenters. The molecule has 0 saturated heterocycles. The maximum atomic E-state index is 6.19. The summed E-state index contributed by atoms with van der Waals surface area (Å²) >= 11 is 6.19. The minimum atomic E-state index is 0.703. The van der Waals surface area contributed by atoms with Gasteiger partial charge < -0.3 is 14.3 Å². The van der Waals surface area contributed by atoms with E-state index in [-0.39, 0.29) is 0 Å². The number of hydrogen-bond donors (Lipinski definition) is 1. The first kappa shape index (κ1) is 15.7. The monoisotopic (exact) mass is 344 g/mol. The molecule has 1 aliphatic heterocycles. The number of H-pyrrole nitrogens is 1. The standard InChI is InChI=1S/C18H21ClN4O/c1-24-7-6-23-12-20-9-14(23)10-22-5-4-18-16(11-22)15-8-13(19)2-3-17(15)21-18/h2-3,8-9,12,21H,4-7,10-11H2,1H3. The molecule has 0 unspecified atom stereocenters. The Labute approximate surface area is 146 Å². The normalized spacial score (nSPS) is 15.1. The number of hydrogen-bond acceptors (Lipinski definition) is 3. The van der Waals surface area contributed by atoms with E-state index in [1.807, 2.05) is 18.6 Å². The number of nitrogens with zero attached hydrogens (tertiary/aromatic N) is 3. The largest absolute Gasteiger partial charge is 0.383 e. The van der Waals surface area contributed by atoms with E-state index in [1.165, 1.54) is 27.9 Å². The number of nitrogens with one attached hydrogen (secondary N) is 1. The van der Waals surface area contributed by atoms with Crippen LogP contribution in [0.1, 0.15) is 17.0 Å². The van der Waals surface area contributed by atoms with Gasteiger partial charge in [0.05, 0.1) is 18.6 Å². The third-order valence-electron chi connectivity index (χ3n) is 4.74. The van der Waals surface area contributed by atoms with Crippen LogP contribution in [0.3, 0.4) is 0 Å². The van der Waals surface area contributed by atoms with Crippen LogP contribution in [0, 0.1) is 0 Å². The van der Waals surface area contributed by atoms with E-state index in [1.54, 1.807) is 7.11 Å². The van der Waals surface area contributed by atoms with E-state index in [0.717, 1.165) is 37.6 Å². The average molecular weight is 345 g/mol. The van der Waals surface area contributed by atoms with Gasteiger partial charge in [-0.1, -0.05) is 11.6 Å². The Morgan fingerprint density at radius 2 is 2.29 bits per heavy atom. The number of aromatic nitrogens is 3. The van der Waals surface area contributed by atoms with Gasteiger partial charge in [0.1, 0.15) is 0 Å². The van der Waals surface area contributed by atoms with E-state index >= 15 is 0 Å². The summed E-state index contributed by atoms with van der Waals surface area (Å²) in [5, 5.41) is 2.04. The van der Waals surface area contributed by atoms with Gasteiger partial charge in [-0.05, 0) is 23.8 Å². The van der Waals surface area contributed by atoms with Gasteiger partial charge in [-0.2, -0.15) is 0 Å². The highest BCUT2D eigenvalue weighted by atomic mass is 35.5. The van der Waals surface area contributed by atoms with Crippen molar-refractivity contribution in [3.8, 4) is 0 Å². The zero-order valence-corrected chi connectivity index (χ0v) is 14.5. The first-order valence-corrected chi connectivity index (χ1v) is 8.61. The predicted octanol–water partition coefficient (Wildman–Crippen LogP) is 3.22. The van der Waals surface area contributed by atoms with E-state index in [0.29, 0.717) is 6.61 Å². The predicted molar refractivity (Wildman–Crippen MR) is 95.2 cm³/mol. The lowest BCUT2D eigenvalue weighted by molar-refractivity contribution is 0.183. The van der Waals surface area contributed by atoms with Crippen molar-refractivity contribution in [2.45, 2.75) is 26.1 Å².